The highest BCUT2D eigenvalue weighted by Crippen LogP contribution is 2.14. The summed E-state index contributed by atoms with van der Waals surface area (Å²) in [6, 6.07) is 6.64. The second-order valence-corrected chi connectivity index (χ2v) is 9.01. The predicted octanol–water partition coefficient (Wildman–Crippen LogP) is 3.47. The van der Waals surface area contributed by atoms with E-state index in [0.29, 0.717) is 17.9 Å². The van der Waals surface area contributed by atoms with Crippen LogP contribution in [0.25, 0.3) is 0 Å². The van der Waals surface area contributed by atoms with Gasteiger partial charge in [0.25, 0.3) is 10.0 Å². The van der Waals surface area contributed by atoms with E-state index < -0.39 is 21.7 Å². The van der Waals surface area contributed by atoms with Crippen LogP contribution in [0.15, 0.2) is 28.7 Å². The van der Waals surface area contributed by atoms with Crippen LogP contribution in [0.1, 0.15) is 39.2 Å². The molecule has 0 aliphatic carbocycles. The van der Waals surface area contributed by atoms with Crippen molar-refractivity contribution in [1.29, 1.82) is 0 Å². The first kappa shape index (κ1) is 22.4. The van der Waals surface area contributed by atoms with Crippen molar-refractivity contribution in [2.75, 3.05) is 18.2 Å². The Labute approximate surface area is 163 Å². The van der Waals surface area contributed by atoms with Gasteiger partial charge in [0.2, 0.25) is 0 Å². The van der Waals surface area contributed by atoms with Gasteiger partial charge in [0.1, 0.15) is 11.4 Å². The van der Waals surface area contributed by atoms with Crippen LogP contribution in [-0.4, -0.2) is 44.1 Å². The number of ether oxygens (including phenoxy) is 2. The molecule has 7 nitrogen and oxygen atoms in total. The van der Waals surface area contributed by atoms with E-state index in [0.717, 1.165) is 24.4 Å². The Morgan fingerprint density at radius 1 is 1.19 bits per heavy atom. The number of nitrogens with one attached hydrogen (secondary N) is 1. The number of amidine groups is 1. The van der Waals surface area contributed by atoms with Crippen LogP contribution in [0.3, 0.4) is 0 Å². The molecule has 0 aromatic heterocycles. The van der Waals surface area contributed by atoms with Gasteiger partial charge in [0.15, 0.2) is 5.84 Å². The molecule has 0 aliphatic rings. The molecule has 0 bridgehead atoms. The molecule has 0 saturated heterocycles. The van der Waals surface area contributed by atoms with E-state index in [-0.39, 0.29) is 5.84 Å². The van der Waals surface area contributed by atoms with Crippen molar-refractivity contribution in [1.82, 2.24) is 5.32 Å². The summed E-state index contributed by atoms with van der Waals surface area (Å²) in [6.07, 6.45) is 2.11. The second-order valence-electron chi connectivity index (χ2n) is 6.57. The lowest BCUT2D eigenvalue weighted by molar-refractivity contribution is 0.0563. The minimum atomic E-state index is -3.71. The van der Waals surface area contributed by atoms with E-state index in [2.05, 4.69) is 25.6 Å². The van der Waals surface area contributed by atoms with Crippen molar-refractivity contribution in [2.45, 2.75) is 39.2 Å². The quantitative estimate of drug-likeness (QED) is 0.298. The highest BCUT2D eigenvalue weighted by molar-refractivity contribution is 9.09. The maximum Gasteiger partial charge on any atom is 0.413 e. The molecular formula is C17H25BrN2O5S. The molecule has 146 valence electrons. The Morgan fingerprint density at radius 3 is 2.31 bits per heavy atom. The van der Waals surface area contributed by atoms with E-state index in [9.17, 15) is 13.2 Å². The van der Waals surface area contributed by atoms with Crippen molar-refractivity contribution >= 4 is 37.9 Å². The van der Waals surface area contributed by atoms with E-state index in [1.54, 1.807) is 45.0 Å². The minimum absolute atomic E-state index is 0.104. The number of carbonyl (C=O) groups is 1. The molecule has 0 fully saturated rings. The summed E-state index contributed by atoms with van der Waals surface area (Å²) in [5.41, 5.74) is -0.290. The predicted molar refractivity (Wildman–Crippen MR) is 106 cm³/mol. The Bertz CT molecular complexity index is 725. The fourth-order valence-corrected chi connectivity index (χ4v) is 2.69. The van der Waals surface area contributed by atoms with Crippen LogP contribution in [0.2, 0.25) is 0 Å². The summed E-state index contributed by atoms with van der Waals surface area (Å²) in [5.74, 6) is 0.548. The smallest absolute Gasteiger partial charge is 0.413 e. The molecule has 26 heavy (non-hydrogen) atoms. The zero-order valence-corrected chi connectivity index (χ0v) is 17.8. The fourth-order valence-electron chi connectivity index (χ4n) is 1.81. The number of alkyl carbamates (subject to hydrolysis) is 1. The van der Waals surface area contributed by atoms with E-state index >= 15 is 0 Å². The zero-order valence-electron chi connectivity index (χ0n) is 15.4. The number of halogens is 1. The van der Waals surface area contributed by atoms with Gasteiger partial charge in [-0.05, 0) is 57.9 Å². The van der Waals surface area contributed by atoms with Gasteiger partial charge in [-0.25, -0.2) is 13.2 Å². The van der Waals surface area contributed by atoms with Crippen molar-refractivity contribution in [3.8, 4) is 5.75 Å². The standard InChI is InChI=1S/C17H25BrN2O5S/c1-17(2,3)25-16(21)19-15(20-26(4,22)23)13-7-9-14(10-8-13)24-12-6-5-11-18/h7-10H,5-6,11-12H2,1-4H3,(H,19,20,21). The normalized spacial score (nSPS) is 12.6. The summed E-state index contributed by atoms with van der Waals surface area (Å²) >= 11 is 3.36. The molecule has 0 heterocycles. The van der Waals surface area contributed by atoms with Crippen molar-refractivity contribution in [3.05, 3.63) is 29.8 Å². The molecule has 0 aliphatic heterocycles. The fraction of sp³-hybridized carbons (Fsp3) is 0.529. The maximum atomic E-state index is 12.0. The second kappa shape index (κ2) is 9.91. The van der Waals surface area contributed by atoms with Gasteiger partial charge < -0.3 is 9.47 Å². The van der Waals surface area contributed by atoms with Gasteiger partial charge in [-0.2, -0.15) is 0 Å². The van der Waals surface area contributed by atoms with Gasteiger partial charge in [-0.15, -0.1) is 4.40 Å². The van der Waals surface area contributed by atoms with Crippen LogP contribution in [0, 0.1) is 0 Å². The van der Waals surface area contributed by atoms with Crippen molar-refractivity contribution in [2.24, 2.45) is 4.40 Å². The highest BCUT2D eigenvalue weighted by Gasteiger charge is 2.19. The Kier molecular flexibility index (Phi) is 8.55. The molecular weight excluding hydrogens is 424 g/mol. The number of hydrogen-bond acceptors (Lipinski definition) is 5. The molecule has 1 aromatic rings. The largest absolute Gasteiger partial charge is 0.494 e. The van der Waals surface area contributed by atoms with Gasteiger partial charge in [-0.1, -0.05) is 15.9 Å². The van der Waals surface area contributed by atoms with E-state index in [1.807, 2.05) is 0 Å². The number of alkyl halides is 1. The van der Waals surface area contributed by atoms with Gasteiger partial charge in [0, 0.05) is 10.9 Å². The van der Waals surface area contributed by atoms with Crippen LogP contribution in [-0.2, 0) is 14.8 Å². The van der Waals surface area contributed by atoms with Crippen molar-refractivity contribution in [3.63, 3.8) is 0 Å². The summed E-state index contributed by atoms with van der Waals surface area (Å²) in [6.45, 7) is 5.72. The monoisotopic (exact) mass is 448 g/mol. The SMILES string of the molecule is CC(C)(C)OC(=O)N/C(=N\S(C)(=O)=O)c1ccc(OCCCCBr)cc1. The highest BCUT2D eigenvalue weighted by atomic mass is 79.9. The zero-order chi connectivity index (χ0) is 19.8. The first-order valence-corrected chi connectivity index (χ1v) is 11.1. The molecule has 1 rings (SSSR count). The summed E-state index contributed by atoms with van der Waals surface area (Å²) in [7, 11) is -3.71. The minimum Gasteiger partial charge on any atom is -0.494 e. The molecule has 0 saturated carbocycles. The van der Waals surface area contributed by atoms with E-state index in [1.165, 1.54) is 0 Å². The molecule has 1 aromatic carbocycles. The molecule has 0 unspecified atom stereocenters. The lowest BCUT2D eigenvalue weighted by Crippen LogP contribution is -2.37. The Balaban J connectivity index is 2.91. The Morgan fingerprint density at radius 2 is 1.81 bits per heavy atom. The maximum absolute atomic E-state index is 12.0. The molecule has 9 heteroatoms. The number of hydrogen-bond donors (Lipinski definition) is 1. The van der Waals surface area contributed by atoms with Crippen LogP contribution < -0.4 is 10.1 Å². The molecule has 0 spiro atoms. The number of carbonyl (C=O) groups excluding carboxylic acids is 1. The average Bonchev–Trinajstić information content (AvgIpc) is 2.48. The first-order chi connectivity index (χ1) is 12.0. The van der Waals surface area contributed by atoms with Crippen LogP contribution in [0.4, 0.5) is 4.79 Å². The number of nitrogens with zero attached hydrogens (tertiary/aromatic N) is 1. The summed E-state index contributed by atoms with van der Waals surface area (Å²) in [5, 5.41) is 3.32. The summed E-state index contributed by atoms with van der Waals surface area (Å²) in [4.78, 5) is 12.0. The third kappa shape index (κ3) is 9.76. The van der Waals surface area contributed by atoms with Gasteiger partial charge >= 0.3 is 6.09 Å². The number of benzene rings is 1. The molecule has 1 amide bonds. The number of unbranched alkanes of at least 4 members (excludes halogenated alkanes) is 1. The summed E-state index contributed by atoms with van der Waals surface area (Å²) < 4.78 is 37.4. The van der Waals surface area contributed by atoms with Gasteiger partial charge in [0.05, 0.1) is 12.9 Å². The van der Waals surface area contributed by atoms with Crippen LogP contribution >= 0.6 is 15.9 Å². The number of rotatable bonds is 7. The van der Waals surface area contributed by atoms with Crippen LogP contribution in [0.5, 0.6) is 5.75 Å². The van der Waals surface area contributed by atoms with E-state index in [4.69, 9.17) is 9.47 Å². The average molecular weight is 449 g/mol. The van der Waals surface area contributed by atoms with Crippen molar-refractivity contribution < 1.29 is 22.7 Å². The third-order valence-electron chi connectivity index (χ3n) is 2.80. The lowest BCUT2D eigenvalue weighted by Gasteiger charge is -2.20. The molecule has 0 atom stereocenters. The Hall–Kier alpha value is -1.61. The first-order valence-electron chi connectivity index (χ1n) is 8.09. The van der Waals surface area contributed by atoms with Gasteiger partial charge in [-0.3, -0.25) is 5.32 Å². The molecule has 0 radical (unpaired) electrons. The topological polar surface area (TPSA) is 94.1 Å². The lowest BCUT2D eigenvalue weighted by atomic mass is 10.2. The number of sulfonamides is 1. The number of amides is 1. The third-order valence-corrected chi connectivity index (χ3v) is 3.88. The molecule has 1 N–H and O–H groups in total.